The molecule has 0 fully saturated rings. The zero-order valence-corrected chi connectivity index (χ0v) is 33.2. The number of benzene rings is 4. The van der Waals surface area contributed by atoms with Gasteiger partial charge in [0.05, 0.1) is 0 Å². The summed E-state index contributed by atoms with van der Waals surface area (Å²) in [5.41, 5.74) is 3.28. The molecular formula is C34H28F10N2O4S2Se2. The van der Waals surface area contributed by atoms with Crippen molar-refractivity contribution >= 4 is 49.5 Å². The molecule has 0 saturated heterocycles. The second kappa shape index (κ2) is 13.3. The second-order valence-corrected chi connectivity index (χ2v) is 19.6. The van der Waals surface area contributed by atoms with E-state index in [0.717, 1.165) is 24.3 Å². The summed E-state index contributed by atoms with van der Waals surface area (Å²) < 4.78 is 150. The van der Waals surface area contributed by atoms with Crippen LogP contribution in [0, 0.1) is 0 Å². The summed E-state index contributed by atoms with van der Waals surface area (Å²) in [6, 6.07) is 16.1. The van der Waals surface area contributed by atoms with Crippen LogP contribution in [0.4, 0.5) is 38.9 Å². The zero-order valence-electron chi connectivity index (χ0n) is 28.2. The van der Waals surface area contributed by atoms with Gasteiger partial charge >= 0.3 is 316 Å². The zero-order chi connectivity index (χ0) is 39.9. The van der Waals surface area contributed by atoms with Crippen LogP contribution < -0.4 is 18.9 Å². The number of methoxy groups -OCH3 is 4. The number of nitrogens with zero attached hydrogens (tertiary/aromatic N) is 2. The van der Waals surface area contributed by atoms with Gasteiger partial charge in [0, 0.05) is 0 Å². The van der Waals surface area contributed by atoms with Gasteiger partial charge in [0.25, 0.3) is 0 Å². The predicted molar refractivity (Wildman–Crippen MR) is 193 cm³/mol. The number of aromatic nitrogens is 2. The molecule has 0 radical (unpaired) electrons. The Kier molecular flexibility index (Phi) is 10.1. The van der Waals surface area contributed by atoms with Gasteiger partial charge in [0.15, 0.2) is 0 Å². The number of halogens is 10. The summed E-state index contributed by atoms with van der Waals surface area (Å²) in [5.74, 6) is 2.34. The van der Waals surface area contributed by atoms with Crippen molar-refractivity contribution in [1.29, 1.82) is 0 Å². The van der Waals surface area contributed by atoms with Crippen LogP contribution >= 0.6 is 20.4 Å². The number of rotatable bonds is 10. The van der Waals surface area contributed by atoms with E-state index in [1.54, 1.807) is 36.4 Å². The summed E-state index contributed by atoms with van der Waals surface area (Å²) in [7, 11) is -13.3. The summed E-state index contributed by atoms with van der Waals surface area (Å²) in [6.45, 7) is 0. The Morgan fingerprint density at radius 2 is 0.778 bits per heavy atom. The van der Waals surface area contributed by atoms with Gasteiger partial charge in [0.2, 0.25) is 0 Å². The molecule has 0 N–H and O–H groups in total. The average molecular weight is 941 g/mol. The first-order valence-corrected chi connectivity index (χ1v) is 22.5. The van der Waals surface area contributed by atoms with Crippen molar-refractivity contribution in [1.82, 2.24) is 9.97 Å². The fraction of sp³-hybridized carbons (Fsp3) is 0.118. The maximum absolute atomic E-state index is 12.8. The fourth-order valence-corrected chi connectivity index (χ4v) is 9.57. The molecular weight excluding hydrogens is 912 g/mol. The van der Waals surface area contributed by atoms with Crippen molar-refractivity contribution in [2.75, 3.05) is 28.4 Å². The van der Waals surface area contributed by atoms with Gasteiger partial charge < -0.3 is 0 Å². The van der Waals surface area contributed by atoms with Gasteiger partial charge in [-0.3, -0.25) is 0 Å². The molecule has 4 aromatic carbocycles. The first kappa shape index (κ1) is 41.1. The van der Waals surface area contributed by atoms with Crippen molar-refractivity contribution in [3.05, 3.63) is 94.8 Å². The summed E-state index contributed by atoms with van der Waals surface area (Å²) in [5, 5.41) is 0. The van der Waals surface area contributed by atoms with Crippen LogP contribution in [-0.4, -0.2) is 67.4 Å². The van der Waals surface area contributed by atoms with Gasteiger partial charge in [-0.15, -0.1) is 0 Å². The number of ether oxygens (including phenoxy) is 4. The van der Waals surface area contributed by atoms with E-state index >= 15 is 0 Å². The quantitative estimate of drug-likeness (QED) is 0.101. The molecule has 292 valence electrons. The van der Waals surface area contributed by atoms with Crippen LogP contribution in [0.1, 0.15) is 0 Å². The molecule has 2 heterocycles. The Hall–Kier alpha value is -4.06. The minimum atomic E-state index is -9.67. The molecule has 6 nitrogen and oxygen atoms in total. The minimum absolute atomic E-state index is 0.264. The van der Waals surface area contributed by atoms with Crippen LogP contribution in [0.25, 0.3) is 42.8 Å². The molecule has 2 aromatic heterocycles. The van der Waals surface area contributed by atoms with E-state index in [2.05, 4.69) is 9.97 Å². The Bertz CT molecular complexity index is 2140. The molecule has 20 heteroatoms. The normalized spacial score (nSPS) is 14.3. The monoisotopic (exact) mass is 942 g/mol. The molecule has 0 spiro atoms. The molecule has 6 rings (SSSR count). The molecule has 6 aromatic rings. The maximum atomic E-state index is 12.8. The standard InChI is InChI=1S/2C17H14F5NO2SSe/c2*1-24-12-5-8-16(25-2)14(9-12)15-10-27-17(23-15)11-3-6-13(7-4-11)26(18,19,20,21)22/h2*3-10H,1-2H3. The topological polar surface area (TPSA) is 62.7 Å². The first-order valence-electron chi connectivity index (χ1n) is 14.9. The van der Waals surface area contributed by atoms with Gasteiger partial charge in [-0.05, 0) is 0 Å². The van der Waals surface area contributed by atoms with E-state index in [9.17, 15) is 38.9 Å². The van der Waals surface area contributed by atoms with Crippen molar-refractivity contribution < 1.29 is 57.8 Å². The molecule has 0 amide bonds. The van der Waals surface area contributed by atoms with E-state index < -0.39 is 30.2 Å². The second-order valence-electron chi connectivity index (χ2n) is 11.2. The first-order chi connectivity index (χ1) is 24.8. The van der Waals surface area contributed by atoms with Gasteiger partial charge in [0.1, 0.15) is 0 Å². The van der Waals surface area contributed by atoms with Crippen LogP contribution in [-0.2, 0) is 0 Å². The van der Waals surface area contributed by atoms with E-state index in [-0.39, 0.29) is 29.0 Å². The molecule has 0 saturated carbocycles. The molecule has 0 aliphatic rings. The summed E-state index contributed by atoms with van der Waals surface area (Å²) >= 11 is -0.528. The predicted octanol–water partition coefficient (Wildman–Crippen LogP) is 12.3. The molecule has 0 aliphatic heterocycles. The van der Waals surface area contributed by atoms with Gasteiger partial charge in [-0.1, -0.05) is 0 Å². The Morgan fingerprint density at radius 3 is 1.06 bits per heavy atom. The summed E-state index contributed by atoms with van der Waals surface area (Å²) in [6.07, 6.45) is 0. The van der Waals surface area contributed by atoms with Crippen LogP contribution in [0.15, 0.2) is 105 Å². The molecule has 0 bridgehead atoms. The van der Waals surface area contributed by atoms with Crippen LogP contribution in [0.2, 0.25) is 0 Å². The SMILES string of the molecule is COc1ccc(OC)c(-c2c[se]c(-c3ccc(S(F)(F)(F)(F)F)cc3)n2)c1.COc1ccc(OC)c(-c2c[se]c(-c3ccc(S(F)(F)(F)(F)F)cc3)n2)c1. The Labute approximate surface area is 314 Å². The van der Waals surface area contributed by atoms with E-state index in [1.807, 2.05) is 9.88 Å². The van der Waals surface area contributed by atoms with E-state index in [1.165, 1.54) is 28.4 Å². The Morgan fingerprint density at radius 1 is 0.444 bits per heavy atom. The van der Waals surface area contributed by atoms with Crippen molar-refractivity contribution in [2.24, 2.45) is 0 Å². The van der Waals surface area contributed by atoms with Crippen LogP contribution in [0.3, 0.4) is 0 Å². The van der Waals surface area contributed by atoms with Gasteiger partial charge in [-0.25, -0.2) is 0 Å². The Balaban J connectivity index is 0.000000208. The third-order valence-electron chi connectivity index (χ3n) is 7.47. The van der Waals surface area contributed by atoms with E-state index in [0.29, 0.717) is 90.0 Å². The van der Waals surface area contributed by atoms with Crippen molar-refractivity contribution in [3.8, 4) is 65.8 Å². The average Bonchev–Trinajstić information content (AvgIpc) is 3.81. The van der Waals surface area contributed by atoms with Crippen molar-refractivity contribution in [3.63, 3.8) is 0 Å². The van der Waals surface area contributed by atoms with Crippen LogP contribution in [0.5, 0.6) is 23.0 Å². The molecule has 0 aliphatic carbocycles. The number of hydrogen-bond acceptors (Lipinski definition) is 6. The summed E-state index contributed by atoms with van der Waals surface area (Å²) in [4.78, 5) is 8.77. The molecule has 0 unspecified atom stereocenters. The van der Waals surface area contributed by atoms with Gasteiger partial charge in [-0.2, -0.15) is 0 Å². The van der Waals surface area contributed by atoms with Crippen molar-refractivity contribution in [2.45, 2.75) is 9.79 Å². The van der Waals surface area contributed by atoms with E-state index in [4.69, 9.17) is 18.9 Å². The molecule has 54 heavy (non-hydrogen) atoms. The third-order valence-corrected chi connectivity index (χ3v) is 13.5. The molecule has 0 atom stereocenters. The third kappa shape index (κ3) is 9.78. The number of hydrogen-bond donors (Lipinski definition) is 0. The fourth-order valence-electron chi connectivity index (χ4n) is 4.80.